The maximum absolute atomic E-state index is 13.5. The predicted molar refractivity (Wildman–Crippen MR) is 126 cm³/mol. The monoisotopic (exact) mass is 414 g/mol. The fourth-order valence-corrected chi connectivity index (χ4v) is 3.52. The summed E-state index contributed by atoms with van der Waals surface area (Å²) in [6.45, 7) is 12.9. The van der Waals surface area contributed by atoms with E-state index >= 15 is 0 Å². The molecule has 0 aliphatic heterocycles. The number of carboxylic acids is 1. The van der Waals surface area contributed by atoms with Crippen molar-refractivity contribution < 1.29 is 14.7 Å². The van der Waals surface area contributed by atoms with Crippen LogP contribution < -0.4 is 0 Å². The Kier molecular flexibility index (Phi) is 5.91. The Balaban J connectivity index is 2.17. The Bertz CT molecular complexity index is 1120. The van der Waals surface area contributed by atoms with Crippen LogP contribution in [0.4, 0.5) is 0 Å². The molecule has 3 rings (SSSR count). The lowest BCUT2D eigenvalue weighted by molar-refractivity contribution is 0.0696. The zero-order valence-electron chi connectivity index (χ0n) is 19.1. The average Bonchev–Trinajstić information content (AvgIpc) is 2.71. The molecule has 0 bridgehead atoms. The highest BCUT2D eigenvalue weighted by Crippen LogP contribution is 2.33. The second kappa shape index (κ2) is 8.14. The number of hydrogen-bond donors (Lipinski definition) is 1. The molecule has 1 N–H and O–H groups in total. The molecule has 0 fully saturated rings. The maximum atomic E-state index is 13.5. The summed E-state index contributed by atoms with van der Waals surface area (Å²) in [6.07, 6.45) is 0. The number of ketones is 1. The number of hydrogen-bond acceptors (Lipinski definition) is 2. The quantitative estimate of drug-likeness (QED) is 0.474. The fourth-order valence-electron chi connectivity index (χ4n) is 3.52. The van der Waals surface area contributed by atoms with Crippen molar-refractivity contribution in [3.05, 3.63) is 94.5 Å². The molecule has 0 radical (unpaired) electrons. The van der Waals surface area contributed by atoms with E-state index in [9.17, 15) is 9.59 Å². The van der Waals surface area contributed by atoms with Gasteiger partial charge in [-0.05, 0) is 51.3 Å². The topological polar surface area (TPSA) is 54.4 Å². The van der Waals surface area contributed by atoms with Gasteiger partial charge in [0.2, 0.25) is 0 Å². The minimum atomic E-state index is -1.01. The van der Waals surface area contributed by atoms with Crippen LogP contribution in [0.25, 0.3) is 11.1 Å². The first-order valence-corrected chi connectivity index (χ1v) is 10.5. The lowest BCUT2D eigenvalue weighted by atomic mass is 9.81. The number of carboxylic acid groups (broad SMARTS) is 1. The smallest absolute Gasteiger partial charge is 0.335 e. The van der Waals surface area contributed by atoms with Gasteiger partial charge in [-0.15, -0.1) is 0 Å². The fraction of sp³-hybridized carbons (Fsp3) is 0.286. The molecule has 0 saturated carbocycles. The van der Waals surface area contributed by atoms with Crippen LogP contribution in [0.2, 0.25) is 0 Å². The van der Waals surface area contributed by atoms with Gasteiger partial charge in [0.25, 0.3) is 0 Å². The molecule has 3 heteroatoms. The number of carbonyl (C=O) groups is 2. The van der Waals surface area contributed by atoms with E-state index in [0.29, 0.717) is 11.1 Å². The van der Waals surface area contributed by atoms with Crippen molar-refractivity contribution in [2.75, 3.05) is 0 Å². The Morgan fingerprint density at radius 2 is 1.23 bits per heavy atom. The molecule has 0 aromatic heterocycles. The highest BCUT2D eigenvalue weighted by Gasteiger charge is 2.22. The maximum Gasteiger partial charge on any atom is 0.335 e. The summed E-state index contributed by atoms with van der Waals surface area (Å²) in [6, 6.07) is 20.5. The Morgan fingerprint density at radius 3 is 1.77 bits per heavy atom. The van der Waals surface area contributed by atoms with Crippen LogP contribution in [0.3, 0.4) is 0 Å². The summed E-state index contributed by atoms with van der Waals surface area (Å²) < 4.78 is 0. The lowest BCUT2D eigenvalue weighted by Crippen LogP contribution is -2.14. The van der Waals surface area contributed by atoms with Gasteiger partial charge in [0.15, 0.2) is 5.78 Å². The van der Waals surface area contributed by atoms with Crippen molar-refractivity contribution in [3.63, 3.8) is 0 Å². The van der Waals surface area contributed by atoms with Gasteiger partial charge >= 0.3 is 5.97 Å². The third kappa shape index (κ3) is 4.93. The van der Waals surface area contributed by atoms with Crippen LogP contribution in [0.15, 0.2) is 66.7 Å². The van der Waals surface area contributed by atoms with E-state index in [-0.39, 0.29) is 22.2 Å². The van der Waals surface area contributed by atoms with Gasteiger partial charge in [0.1, 0.15) is 0 Å². The van der Waals surface area contributed by atoms with E-state index in [4.69, 9.17) is 5.11 Å². The third-order valence-electron chi connectivity index (χ3n) is 5.56. The molecule has 0 spiro atoms. The Morgan fingerprint density at radius 1 is 0.677 bits per heavy atom. The van der Waals surface area contributed by atoms with Crippen molar-refractivity contribution in [3.8, 4) is 11.1 Å². The van der Waals surface area contributed by atoms with E-state index in [1.807, 2.05) is 24.3 Å². The van der Waals surface area contributed by atoms with Gasteiger partial charge < -0.3 is 5.11 Å². The van der Waals surface area contributed by atoms with Crippen LogP contribution in [0.5, 0.6) is 0 Å². The molecule has 0 saturated heterocycles. The Labute approximate surface area is 184 Å². The molecule has 3 aromatic carbocycles. The van der Waals surface area contributed by atoms with Crippen molar-refractivity contribution >= 4 is 11.8 Å². The van der Waals surface area contributed by atoms with Crippen molar-refractivity contribution in [2.45, 2.75) is 52.4 Å². The zero-order valence-corrected chi connectivity index (χ0v) is 19.1. The molecular weight excluding hydrogens is 384 g/mol. The third-order valence-corrected chi connectivity index (χ3v) is 5.56. The number of carbonyl (C=O) groups excluding carboxylic acids is 1. The summed E-state index contributed by atoms with van der Waals surface area (Å²) in [5.74, 6) is -1.12. The van der Waals surface area contributed by atoms with E-state index < -0.39 is 5.97 Å². The molecule has 160 valence electrons. The van der Waals surface area contributed by atoms with Crippen molar-refractivity contribution in [1.82, 2.24) is 0 Å². The lowest BCUT2D eigenvalue weighted by Gasteiger charge is -2.23. The number of benzene rings is 3. The summed E-state index contributed by atoms with van der Waals surface area (Å²) in [5.41, 5.74) is 5.32. The minimum Gasteiger partial charge on any atom is -0.478 e. The van der Waals surface area contributed by atoms with Gasteiger partial charge in [-0.2, -0.15) is 0 Å². The highest BCUT2D eigenvalue weighted by atomic mass is 16.4. The number of rotatable bonds is 4. The Hall–Kier alpha value is -3.20. The van der Waals surface area contributed by atoms with Gasteiger partial charge in [-0.1, -0.05) is 90.1 Å². The second-order valence-corrected chi connectivity index (χ2v) is 10.1. The summed E-state index contributed by atoms with van der Waals surface area (Å²) in [5, 5.41) is 9.16. The molecule has 0 aliphatic carbocycles. The summed E-state index contributed by atoms with van der Waals surface area (Å²) in [4.78, 5) is 24.7. The first kappa shape index (κ1) is 22.5. The van der Waals surface area contributed by atoms with E-state index in [2.05, 4.69) is 59.7 Å². The summed E-state index contributed by atoms with van der Waals surface area (Å²) >= 11 is 0. The largest absolute Gasteiger partial charge is 0.478 e. The minimum absolute atomic E-state index is 0.00179. The van der Waals surface area contributed by atoms with Crippen LogP contribution in [-0.2, 0) is 10.8 Å². The van der Waals surface area contributed by atoms with E-state index in [1.54, 1.807) is 12.1 Å². The predicted octanol–water partition coefficient (Wildman–Crippen LogP) is 6.88. The van der Waals surface area contributed by atoms with Crippen molar-refractivity contribution in [1.29, 1.82) is 0 Å². The molecule has 0 aliphatic rings. The summed E-state index contributed by atoms with van der Waals surface area (Å²) in [7, 11) is 0. The first-order valence-electron chi connectivity index (χ1n) is 10.5. The van der Waals surface area contributed by atoms with Gasteiger partial charge in [-0.3, -0.25) is 4.79 Å². The highest BCUT2D eigenvalue weighted by molar-refractivity contribution is 6.13. The molecular formula is C28H30O3. The first-order chi connectivity index (χ1) is 14.4. The number of aromatic carboxylic acids is 1. The second-order valence-electron chi connectivity index (χ2n) is 10.1. The van der Waals surface area contributed by atoms with Crippen LogP contribution >= 0.6 is 0 Å². The van der Waals surface area contributed by atoms with Gasteiger partial charge in [0, 0.05) is 11.1 Å². The van der Waals surface area contributed by atoms with Crippen LogP contribution in [-0.4, -0.2) is 16.9 Å². The molecule has 0 atom stereocenters. The van der Waals surface area contributed by atoms with E-state index in [0.717, 1.165) is 16.7 Å². The zero-order chi connectivity index (χ0) is 23.0. The molecule has 3 nitrogen and oxygen atoms in total. The SMILES string of the molecule is CC(C)(C)c1cccc(-c2ccc(C(C)(C)C)cc2C(=O)c2ccc(C(=O)O)cc2)c1. The van der Waals surface area contributed by atoms with Gasteiger partial charge in [0.05, 0.1) is 5.56 Å². The van der Waals surface area contributed by atoms with E-state index in [1.165, 1.54) is 17.7 Å². The standard InChI is InChI=1S/C28H30O3/c1-27(2,3)21-9-7-8-20(16-21)23-15-14-22(28(4,5)6)17-24(23)25(29)18-10-12-19(13-11-18)26(30)31/h7-17H,1-6H3,(H,30,31). The average molecular weight is 415 g/mol. The van der Waals surface area contributed by atoms with Crippen LogP contribution in [0, 0.1) is 0 Å². The molecule has 0 amide bonds. The normalized spacial score (nSPS) is 11.9. The van der Waals surface area contributed by atoms with Gasteiger partial charge in [-0.25, -0.2) is 4.79 Å². The van der Waals surface area contributed by atoms with Crippen LogP contribution in [0.1, 0.15) is 78.9 Å². The molecule has 3 aromatic rings. The molecule has 0 unspecified atom stereocenters. The van der Waals surface area contributed by atoms with Crippen molar-refractivity contribution in [2.24, 2.45) is 0 Å². The molecule has 31 heavy (non-hydrogen) atoms. The molecule has 0 heterocycles.